The Labute approximate surface area is 133 Å². The van der Waals surface area contributed by atoms with Crippen LogP contribution in [-0.2, 0) is 0 Å². The highest BCUT2D eigenvalue weighted by Crippen LogP contribution is 2.30. The molecule has 0 amide bonds. The first-order valence-electron chi connectivity index (χ1n) is 8.57. The molecule has 2 nitrogen and oxygen atoms in total. The predicted molar refractivity (Wildman–Crippen MR) is 90.2 cm³/mol. The summed E-state index contributed by atoms with van der Waals surface area (Å²) in [4.78, 5) is 14.5. The Balaban J connectivity index is 2.22. The lowest BCUT2D eigenvalue weighted by Gasteiger charge is -2.33. The zero-order valence-electron chi connectivity index (χ0n) is 14.3. The van der Waals surface area contributed by atoms with Gasteiger partial charge in [0, 0.05) is 24.6 Å². The van der Waals surface area contributed by atoms with E-state index >= 15 is 0 Å². The van der Waals surface area contributed by atoms with Crippen molar-refractivity contribution in [2.75, 3.05) is 18.0 Å². The molecule has 1 aromatic rings. The Kier molecular flexibility index (Phi) is 5.60. The standard InChI is InChI=1S/C19H28FNO/c1-5-13(3)19(22)16-12-17(20)18(11-14(16)4)21-9-7-15(6-2)8-10-21/h11-13,15H,5-10H2,1-4H3. The van der Waals surface area contributed by atoms with Crippen LogP contribution >= 0.6 is 0 Å². The summed E-state index contributed by atoms with van der Waals surface area (Å²) in [7, 11) is 0. The molecule has 1 unspecified atom stereocenters. The molecule has 1 saturated heterocycles. The second-order valence-electron chi connectivity index (χ2n) is 6.63. The van der Waals surface area contributed by atoms with Gasteiger partial charge in [-0.3, -0.25) is 4.79 Å². The van der Waals surface area contributed by atoms with Crippen LogP contribution in [0.5, 0.6) is 0 Å². The number of halogens is 1. The van der Waals surface area contributed by atoms with Crippen LogP contribution in [-0.4, -0.2) is 18.9 Å². The summed E-state index contributed by atoms with van der Waals surface area (Å²) in [5.74, 6) is 0.512. The van der Waals surface area contributed by atoms with Crippen LogP contribution in [0.2, 0.25) is 0 Å². The normalized spacial score (nSPS) is 17.6. The highest BCUT2D eigenvalue weighted by molar-refractivity contribution is 5.99. The van der Waals surface area contributed by atoms with Gasteiger partial charge in [0.2, 0.25) is 0 Å². The SMILES string of the molecule is CCC1CCN(c2cc(C)c(C(=O)C(C)CC)cc2F)CC1. The average molecular weight is 305 g/mol. The van der Waals surface area contributed by atoms with Crippen molar-refractivity contribution < 1.29 is 9.18 Å². The van der Waals surface area contributed by atoms with E-state index in [1.54, 1.807) is 0 Å². The average Bonchev–Trinajstić information content (AvgIpc) is 2.55. The summed E-state index contributed by atoms with van der Waals surface area (Å²) in [5, 5.41) is 0. The molecule has 0 bridgehead atoms. The number of benzene rings is 1. The van der Waals surface area contributed by atoms with Gasteiger partial charge in [0.15, 0.2) is 5.78 Å². The molecule has 0 aliphatic carbocycles. The molecule has 0 radical (unpaired) electrons. The minimum absolute atomic E-state index is 0.0511. The molecule has 0 spiro atoms. The van der Waals surface area contributed by atoms with Gasteiger partial charge < -0.3 is 4.90 Å². The Morgan fingerprint density at radius 3 is 2.50 bits per heavy atom. The van der Waals surface area contributed by atoms with E-state index in [0.29, 0.717) is 11.3 Å². The molecule has 1 aliphatic heterocycles. The quantitative estimate of drug-likeness (QED) is 0.714. The van der Waals surface area contributed by atoms with Crippen LogP contribution in [0, 0.1) is 24.6 Å². The fraction of sp³-hybridized carbons (Fsp3) is 0.632. The van der Waals surface area contributed by atoms with Gasteiger partial charge in [-0.1, -0.05) is 27.2 Å². The first kappa shape index (κ1) is 17.0. The Hall–Kier alpha value is -1.38. The summed E-state index contributed by atoms with van der Waals surface area (Å²) < 4.78 is 14.5. The van der Waals surface area contributed by atoms with Crippen molar-refractivity contribution in [1.29, 1.82) is 0 Å². The van der Waals surface area contributed by atoms with Gasteiger partial charge in [-0.05, 0) is 49.8 Å². The summed E-state index contributed by atoms with van der Waals surface area (Å²) in [6.07, 6.45) is 4.24. The minimum Gasteiger partial charge on any atom is -0.369 e. The number of carbonyl (C=O) groups excluding carboxylic acids is 1. The summed E-state index contributed by atoms with van der Waals surface area (Å²) in [6, 6.07) is 3.31. The van der Waals surface area contributed by atoms with Gasteiger partial charge in [-0.15, -0.1) is 0 Å². The summed E-state index contributed by atoms with van der Waals surface area (Å²) in [6.45, 7) is 9.85. The van der Waals surface area contributed by atoms with E-state index in [0.717, 1.165) is 43.8 Å². The Bertz CT molecular complexity index is 532. The van der Waals surface area contributed by atoms with Gasteiger partial charge in [0.1, 0.15) is 5.82 Å². The van der Waals surface area contributed by atoms with Gasteiger partial charge in [-0.2, -0.15) is 0 Å². The van der Waals surface area contributed by atoms with E-state index in [-0.39, 0.29) is 17.5 Å². The number of anilines is 1. The Morgan fingerprint density at radius 1 is 1.32 bits per heavy atom. The van der Waals surface area contributed by atoms with Crippen molar-refractivity contribution in [2.45, 2.75) is 53.4 Å². The van der Waals surface area contributed by atoms with Gasteiger partial charge in [-0.25, -0.2) is 4.39 Å². The number of aryl methyl sites for hydroxylation is 1. The fourth-order valence-electron chi connectivity index (χ4n) is 3.21. The largest absolute Gasteiger partial charge is 0.369 e. The molecular weight excluding hydrogens is 277 g/mol. The zero-order chi connectivity index (χ0) is 16.3. The molecule has 2 rings (SSSR count). The van der Waals surface area contributed by atoms with Crippen molar-refractivity contribution >= 4 is 11.5 Å². The van der Waals surface area contributed by atoms with Crippen molar-refractivity contribution in [1.82, 2.24) is 0 Å². The molecule has 122 valence electrons. The van der Waals surface area contributed by atoms with Crippen molar-refractivity contribution in [3.05, 3.63) is 29.1 Å². The van der Waals surface area contributed by atoms with E-state index in [1.165, 1.54) is 12.5 Å². The van der Waals surface area contributed by atoms with Crippen LogP contribution in [0.15, 0.2) is 12.1 Å². The third kappa shape index (κ3) is 3.50. The van der Waals surface area contributed by atoms with Crippen molar-refractivity contribution in [3.8, 4) is 0 Å². The molecule has 1 aliphatic rings. The molecule has 0 N–H and O–H groups in total. The zero-order valence-corrected chi connectivity index (χ0v) is 14.3. The lowest BCUT2D eigenvalue weighted by molar-refractivity contribution is 0.0926. The number of rotatable bonds is 5. The lowest BCUT2D eigenvalue weighted by atomic mass is 9.92. The van der Waals surface area contributed by atoms with E-state index in [2.05, 4.69) is 11.8 Å². The third-order valence-electron chi connectivity index (χ3n) is 5.15. The first-order chi connectivity index (χ1) is 10.5. The smallest absolute Gasteiger partial charge is 0.166 e. The predicted octanol–water partition coefficient (Wildman–Crippen LogP) is 4.99. The summed E-state index contributed by atoms with van der Waals surface area (Å²) >= 11 is 0. The van der Waals surface area contributed by atoms with E-state index < -0.39 is 0 Å². The lowest BCUT2D eigenvalue weighted by Crippen LogP contribution is -2.34. The number of Topliss-reactive ketones (excluding diaryl/α,β-unsaturated/α-hetero) is 1. The molecule has 3 heteroatoms. The van der Waals surface area contributed by atoms with Crippen LogP contribution in [0.4, 0.5) is 10.1 Å². The molecular formula is C19H28FNO. The molecule has 1 fully saturated rings. The molecule has 1 heterocycles. The Morgan fingerprint density at radius 2 is 1.95 bits per heavy atom. The topological polar surface area (TPSA) is 20.3 Å². The van der Waals surface area contributed by atoms with E-state index in [1.807, 2.05) is 26.8 Å². The molecule has 0 aromatic heterocycles. The van der Waals surface area contributed by atoms with Crippen molar-refractivity contribution in [3.63, 3.8) is 0 Å². The van der Waals surface area contributed by atoms with Crippen molar-refractivity contribution in [2.24, 2.45) is 11.8 Å². The van der Waals surface area contributed by atoms with Crippen LogP contribution in [0.1, 0.15) is 62.4 Å². The number of carbonyl (C=O) groups is 1. The van der Waals surface area contributed by atoms with Crippen LogP contribution in [0.25, 0.3) is 0 Å². The number of hydrogen-bond acceptors (Lipinski definition) is 2. The van der Waals surface area contributed by atoms with E-state index in [4.69, 9.17) is 0 Å². The molecule has 0 saturated carbocycles. The first-order valence-corrected chi connectivity index (χ1v) is 8.57. The number of ketones is 1. The summed E-state index contributed by atoms with van der Waals surface area (Å²) in [5.41, 5.74) is 2.09. The maximum absolute atomic E-state index is 14.5. The molecule has 22 heavy (non-hydrogen) atoms. The maximum atomic E-state index is 14.5. The molecule has 1 aromatic carbocycles. The molecule has 1 atom stereocenters. The fourth-order valence-corrected chi connectivity index (χ4v) is 3.21. The second kappa shape index (κ2) is 7.26. The highest BCUT2D eigenvalue weighted by Gasteiger charge is 2.23. The number of nitrogens with zero attached hydrogens (tertiary/aromatic N) is 1. The maximum Gasteiger partial charge on any atom is 0.166 e. The minimum atomic E-state index is -0.257. The van der Waals surface area contributed by atoms with Crippen LogP contribution in [0.3, 0.4) is 0 Å². The second-order valence-corrected chi connectivity index (χ2v) is 6.63. The monoisotopic (exact) mass is 305 g/mol. The third-order valence-corrected chi connectivity index (χ3v) is 5.15. The highest BCUT2D eigenvalue weighted by atomic mass is 19.1. The van der Waals surface area contributed by atoms with Gasteiger partial charge >= 0.3 is 0 Å². The van der Waals surface area contributed by atoms with Gasteiger partial charge in [0.05, 0.1) is 5.69 Å². The number of hydrogen-bond donors (Lipinski definition) is 0. The number of piperidine rings is 1. The van der Waals surface area contributed by atoms with E-state index in [9.17, 15) is 9.18 Å². The van der Waals surface area contributed by atoms with Gasteiger partial charge in [0.25, 0.3) is 0 Å². The van der Waals surface area contributed by atoms with Crippen LogP contribution < -0.4 is 4.90 Å².